The third kappa shape index (κ3) is 2.47. The van der Waals surface area contributed by atoms with Crippen molar-refractivity contribution in [3.05, 3.63) is 51.4 Å². The molecule has 0 saturated carbocycles. The summed E-state index contributed by atoms with van der Waals surface area (Å²) in [4.78, 5) is 23.8. The van der Waals surface area contributed by atoms with Crippen molar-refractivity contribution in [2.45, 2.75) is 27.2 Å². The van der Waals surface area contributed by atoms with Gasteiger partial charge in [0.25, 0.3) is 0 Å². The van der Waals surface area contributed by atoms with Crippen LogP contribution in [0.4, 0.5) is 0 Å². The van der Waals surface area contributed by atoms with E-state index in [1.54, 1.807) is 13.0 Å². The van der Waals surface area contributed by atoms with Crippen molar-refractivity contribution in [1.82, 2.24) is 0 Å². The molecule has 0 radical (unpaired) electrons. The first-order valence-corrected chi connectivity index (χ1v) is 8.15. The second kappa shape index (κ2) is 5.09. The van der Waals surface area contributed by atoms with E-state index in [1.165, 1.54) is 0 Å². The second-order valence-corrected chi connectivity index (χ2v) is 7.45. The Balaban J connectivity index is 2.09. The lowest BCUT2D eigenvalue weighted by Gasteiger charge is -2.31. The number of ether oxygens (including phenoxy) is 1. The van der Waals surface area contributed by atoms with Crippen molar-refractivity contribution in [3.8, 4) is 16.9 Å². The number of aryl methyl sites for hydroxylation is 1. The predicted molar refractivity (Wildman–Crippen MR) is 93.8 cm³/mol. The number of fused-ring (bicyclic) bond motifs is 4. The van der Waals surface area contributed by atoms with E-state index < -0.39 is 5.97 Å². The molecule has 5 heteroatoms. The normalized spacial score (nSPS) is 15.8. The van der Waals surface area contributed by atoms with Crippen molar-refractivity contribution >= 4 is 16.9 Å². The molecule has 1 aromatic carbocycles. The Bertz CT molecular complexity index is 1060. The van der Waals surface area contributed by atoms with E-state index in [1.807, 2.05) is 12.1 Å². The van der Waals surface area contributed by atoms with Gasteiger partial charge in [0.15, 0.2) is 5.43 Å². The quantitative estimate of drug-likeness (QED) is 0.682. The number of carboxylic acid groups (broad SMARTS) is 1. The van der Waals surface area contributed by atoms with Crippen LogP contribution in [0.25, 0.3) is 22.1 Å². The van der Waals surface area contributed by atoms with Crippen molar-refractivity contribution in [2.24, 2.45) is 5.41 Å². The SMILES string of the molecule is Cc1oc2cc3c(cc2c2cc(C(=O)O)cc(=O)c1-2)CC(C)(C)CO3. The fraction of sp³-hybridized carbons (Fsp3) is 0.300. The molecule has 0 spiro atoms. The van der Waals surface area contributed by atoms with Crippen LogP contribution in [-0.4, -0.2) is 17.7 Å². The standard InChI is InChI=1S/C20H18O5/c1-10-18-14(4-11(19(22)23)6-15(18)21)13-5-12-8-20(2,3)9-24-16(12)7-17(13)25-10/h4-7H,8-9H2,1-3H3,(H,22,23). The topological polar surface area (TPSA) is 76.7 Å². The Morgan fingerprint density at radius 3 is 2.68 bits per heavy atom. The molecule has 0 amide bonds. The van der Waals surface area contributed by atoms with Crippen LogP contribution in [0.3, 0.4) is 0 Å². The van der Waals surface area contributed by atoms with E-state index >= 15 is 0 Å². The first-order valence-electron chi connectivity index (χ1n) is 8.15. The summed E-state index contributed by atoms with van der Waals surface area (Å²) in [7, 11) is 0. The highest BCUT2D eigenvalue weighted by molar-refractivity contribution is 5.99. The molecule has 4 rings (SSSR count). The smallest absolute Gasteiger partial charge is 0.335 e. The summed E-state index contributed by atoms with van der Waals surface area (Å²) < 4.78 is 11.7. The number of rotatable bonds is 1. The van der Waals surface area contributed by atoms with E-state index in [0.29, 0.717) is 29.1 Å². The number of carbonyl (C=O) groups is 1. The Morgan fingerprint density at radius 2 is 1.96 bits per heavy atom. The lowest BCUT2D eigenvalue weighted by molar-refractivity contribution is 0.0697. The van der Waals surface area contributed by atoms with Crippen LogP contribution >= 0.6 is 0 Å². The van der Waals surface area contributed by atoms with Gasteiger partial charge in [-0.1, -0.05) is 13.8 Å². The molecule has 0 saturated heterocycles. The van der Waals surface area contributed by atoms with Crippen LogP contribution in [0.15, 0.2) is 33.5 Å². The van der Waals surface area contributed by atoms with E-state index in [0.717, 1.165) is 29.2 Å². The van der Waals surface area contributed by atoms with E-state index in [9.17, 15) is 14.7 Å². The number of hydrogen-bond donors (Lipinski definition) is 1. The van der Waals surface area contributed by atoms with Crippen LogP contribution in [0.2, 0.25) is 0 Å². The molecule has 1 N–H and O–H groups in total. The zero-order valence-electron chi connectivity index (χ0n) is 14.3. The maximum atomic E-state index is 12.4. The lowest BCUT2D eigenvalue weighted by atomic mass is 9.83. The molecular formula is C20H18O5. The van der Waals surface area contributed by atoms with Crippen LogP contribution < -0.4 is 10.2 Å². The summed E-state index contributed by atoms with van der Waals surface area (Å²) >= 11 is 0. The van der Waals surface area contributed by atoms with Crippen LogP contribution in [0.1, 0.15) is 35.5 Å². The summed E-state index contributed by atoms with van der Waals surface area (Å²) in [5.41, 5.74) is 2.32. The summed E-state index contributed by atoms with van der Waals surface area (Å²) in [6.07, 6.45) is 0.844. The molecule has 1 aliphatic carbocycles. The predicted octanol–water partition coefficient (Wildman–Crippen LogP) is 3.87. The average molecular weight is 338 g/mol. The molecule has 0 aromatic heterocycles. The third-order valence-electron chi connectivity index (χ3n) is 4.70. The monoisotopic (exact) mass is 338 g/mol. The Labute approximate surface area is 144 Å². The van der Waals surface area contributed by atoms with Gasteiger partial charge in [-0.3, -0.25) is 4.79 Å². The zero-order valence-corrected chi connectivity index (χ0v) is 14.3. The molecule has 128 valence electrons. The number of carboxylic acids is 1. The van der Waals surface area contributed by atoms with Crippen LogP contribution in [0.5, 0.6) is 5.75 Å². The van der Waals surface area contributed by atoms with E-state index in [-0.39, 0.29) is 16.4 Å². The molecular weight excluding hydrogens is 320 g/mol. The van der Waals surface area contributed by atoms with E-state index in [4.69, 9.17) is 9.15 Å². The third-order valence-corrected chi connectivity index (χ3v) is 4.70. The van der Waals surface area contributed by atoms with Gasteiger partial charge < -0.3 is 14.3 Å². The van der Waals surface area contributed by atoms with Gasteiger partial charge in [0.1, 0.15) is 17.1 Å². The molecule has 2 heterocycles. The van der Waals surface area contributed by atoms with Gasteiger partial charge in [0, 0.05) is 28.5 Å². The lowest BCUT2D eigenvalue weighted by Crippen LogP contribution is -2.28. The first-order chi connectivity index (χ1) is 11.7. The van der Waals surface area contributed by atoms with Gasteiger partial charge in [-0.2, -0.15) is 0 Å². The number of hydrogen-bond acceptors (Lipinski definition) is 4. The molecule has 3 aliphatic rings. The van der Waals surface area contributed by atoms with E-state index in [2.05, 4.69) is 13.8 Å². The Morgan fingerprint density at radius 1 is 1.20 bits per heavy atom. The Hall–Kier alpha value is -2.82. The summed E-state index contributed by atoms with van der Waals surface area (Å²) in [6, 6.07) is 6.49. The zero-order chi connectivity index (χ0) is 17.9. The molecule has 25 heavy (non-hydrogen) atoms. The molecule has 2 aliphatic heterocycles. The van der Waals surface area contributed by atoms with Gasteiger partial charge in [-0.15, -0.1) is 0 Å². The molecule has 0 atom stereocenters. The van der Waals surface area contributed by atoms with Gasteiger partial charge in [-0.25, -0.2) is 4.79 Å². The number of benzene rings is 2. The number of aromatic carboxylic acids is 1. The van der Waals surface area contributed by atoms with Crippen molar-refractivity contribution in [3.63, 3.8) is 0 Å². The van der Waals surface area contributed by atoms with Gasteiger partial charge in [0.05, 0.1) is 17.7 Å². The maximum absolute atomic E-state index is 12.4. The van der Waals surface area contributed by atoms with Gasteiger partial charge in [0.2, 0.25) is 0 Å². The highest BCUT2D eigenvalue weighted by Crippen LogP contribution is 2.40. The molecule has 1 aromatic rings. The van der Waals surface area contributed by atoms with Crippen LogP contribution in [0, 0.1) is 12.3 Å². The summed E-state index contributed by atoms with van der Waals surface area (Å²) in [5.74, 6) is 0.139. The fourth-order valence-corrected chi connectivity index (χ4v) is 3.54. The summed E-state index contributed by atoms with van der Waals surface area (Å²) in [6.45, 7) is 6.62. The summed E-state index contributed by atoms with van der Waals surface area (Å²) in [5, 5.41) is 10.0. The highest BCUT2D eigenvalue weighted by atomic mass is 16.5. The minimum Gasteiger partial charge on any atom is -0.493 e. The molecule has 0 bridgehead atoms. The largest absolute Gasteiger partial charge is 0.493 e. The minimum atomic E-state index is -1.12. The first kappa shape index (κ1) is 15.7. The van der Waals surface area contributed by atoms with Crippen molar-refractivity contribution in [1.29, 1.82) is 0 Å². The molecule has 0 unspecified atom stereocenters. The highest BCUT2D eigenvalue weighted by Gasteiger charge is 2.28. The molecule has 0 fully saturated rings. The van der Waals surface area contributed by atoms with Crippen LogP contribution in [-0.2, 0) is 6.42 Å². The fourth-order valence-electron chi connectivity index (χ4n) is 3.54. The van der Waals surface area contributed by atoms with Gasteiger partial charge >= 0.3 is 5.97 Å². The average Bonchev–Trinajstić information content (AvgIpc) is 2.52. The molecule has 5 nitrogen and oxygen atoms in total. The van der Waals surface area contributed by atoms with Gasteiger partial charge in [-0.05, 0) is 31.0 Å². The van der Waals surface area contributed by atoms with Crippen molar-refractivity contribution in [2.75, 3.05) is 6.61 Å². The minimum absolute atomic E-state index is 0.0151. The van der Waals surface area contributed by atoms with Crippen molar-refractivity contribution < 1.29 is 19.1 Å². The second-order valence-electron chi connectivity index (χ2n) is 7.45. The maximum Gasteiger partial charge on any atom is 0.335 e. The Kier molecular flexibility index (Phi) is 3.19.